The molecule has 8 nitrogen and oxygen atoms in total. The van der Waals surface area contributed by atoms with Gasteiger partial charge in [0, 0.05) is 37.9 Å². The second-order valence-electron chi connectivity index (χ2n) is 10.4. The minimum absolute atomic E-state index is 0.300. The molecule has 0 radical (unpaired) electrons. The highest BCUT2D eigenvalue weighted by atomic mass is 16.5. The highest BCUT2D eigenvalue weighted by Gasteiger charge is 2.33. The molecule has 4 N–H and O–H groups in total. The van der Waals surface area contributed by atoms with Gasteiger partial charge in [-0.25, -0.2) is 4.98 Å². The van der Waals surface area contributed by atoms with Gasteiger partial charge in [-0.3, -0.25) is 4.90 Å². The van der Waals surface area contributed by atoms with Crippen LogP contribution in [-0.2, 0) is 13.1 Å². The molecule has 194 valence electrons. The topological polar surface area (TPSA) is 93.3 Å². The number of aromatic nitrogens is 3. The van der Waals surface area contributed by atoms with Crippen LogP contribution in [0.2, 0.25) is 0 Å². The predicted molar refractivity (Wildman–Crippen MR) is 146 cm³/mol. The van der Waals surface area contributed by atoms with Crippen molar-refractivity contribution in [1.82, 2.24) is 24.8 Å². The number of nitrogen functional groups attached to an aromatic ring is 1. The van der Waals surface area contributed by atoms with Gasteiger partial charge in [-0.2, -0.15) is 4.98 Å². The Hall–Kier alpha value is -2.84. The van der Waals surface area contributed by atoms with E-state index in [9.17, 15) is 0 Å². The molecule has 2 aliphatic rings. The van der Waals surface area contributed by atoms with Crippen LogP contribution in [0.1, 0.15) is 50.2 Å². The van der Waals surface area contributed by atoms with Crippen LogP contribution in [0, 0.1) is 11.8 Å². The summed E-state index contributed by atoms with van der Waals surface area (Å²) in [6.07, 6.45) is 8.21. The number of rotatable bonds is 11. The third kappa shape index (κ3) is 5.60. The van der Waals surface area contributed by atoms with Gasteiger partial charge in [-0.05, 0) is 61.9 Å². The number of nitrogens with two attached hydrogens (primary N) is 1. The summed E-state index contributed by atoms with van der Waals surface area (Å²) in [7, 11) is 1.76. The minimum Gasteiger partial charge on any atom is -0.496 e. The van der Waals surface area contributed by atoms with E-state index in [1.54, 1.807) is 7.11 Å². The maximum Gasteiger partial charge on any atom is 0.222 e. The Labute approximate surface area is 214 Å². The van der Waals surface area contributed by atoms with Gasteiger partial charge in [0.2, 0.25) is 5.95 Å². The molecule has 0 aliphatic carbocycles. The first-order valence-electron chi connectivity index (χ1n) is 13.6. The van der Waals surface area contributed by atoms with Gasteiger partial charge in [0.05, 0.1) is 19.2 Å². The second kappa shape index (κ2) is 11.5. The van der Waals surface area contributed by atoms with E-state index >= 15 is 0 Å². The smallest absolute Gasteiger partial charge is 0.222 e. The SMILES string of the molecule is CCCCCNc1nc(N)nc2ccn(Cc3ccc(CN4CC(C5CCNCC5)C4)cc3OC)c12. The van der Waals surface area contributed by atoms with Crippen molar-refractivity contribution in [3.05, 3.63) is 41.6 Å². The maximum atomic E-state index is 5.99. The molecule has 2 fully saturated rings. The lowest BCUT2D eigenvalue weighted by Crippen LogP contribution is -2.51. The monoisotopic (exact) mass is 491 g/mol. The number of methoxy groups -OCH3 is 1. The van der Waals surface area contributed by atoms with Crippen molar-refractivity contribution >= 4 is 22.8 Å². The van der Waals surface area contributed by atoms with Crippen molar-refractivity contribution in [3.8, 4) is 5.75 Å². The van der Waals surface area contributed by atoms with Crippen LogP contribution < -0.4 is 21.1 Å². The molecule has 8 heteroatoms. The van der Waals surface area contributed by atoms with Gasteiger partial charge < -0.3 is 25.7 Å². The van der Waals surface area contributed by atoms with E-state index in [1.807, 2.05) is 6.07 Å². The molecule has 2 aliphatic heterocycles. The van der Waals surface area contributed by atoms with Crippen LogP contribution in [0.3, 0.4) is 0 Å². The Kier molecular flexibility index (Phi) is 7.92. The number of likely N-dealkylation sites (tertiary alicyclic amines) is 1. The molecule has 0 spiro atoms. The lowest BCUT2D eigenvalue weighted by Gasteiger charge is -2.45. The molecule has 5 rings (SSSR count). The maximum absolute atomic E-state index is 5.99. The fourth-order valence-electron chi connectivity index (χ4n) is 5.77. The summed E-state index contributed by atoms with van der Waals surface area (Å²) < 4.78 is 8.02. The summed E-state index contributed by atoms with van der Waals surface area (Å²) in [5.74, 6) is 3.81. The summed E-state index contributed by atoms with van der Waals surface area (Å²) in [4.78, 5) is 11.5. The lowest BCUT2D eigenvalue weighted by atomic mass is 9.80. The number of benzene rings is 1. The van der Waals surface area contributed by atoms with Crippen LogP contribution >= 0.6 is 0 Å². The molecule has 0 amide bonds. The standard InChI is InChI=1S/C28H41N7O/c1-3-4-5-11-31-27-26-24(32-28(29)33-27)10-14-35(26)19-22-7-6-20(15-25(22)36-2)16-34-17-23(18-34)21-8-12-30-13-9-21/h6-7,10,14-15,21,23,30H,3-5,8-9,11-13,16-19H2,1-2H3,(H3,29,31,32,33). The fraction of sp³-hybridized carbons (Fsp3) is 0.571. The first-order valence-corrected chi connectivity index (χ1v) is 13.6. The van der Waals surface area contributed by atoms with Gasteiger partial charge in [0.1, 0.15) is 11.3 Å². The summed E-state index contributed by atoms with van der Waals surface area (Å²) >= 11 is 0. The predicted octanol–water partition coefficient (Wildman–Crippen LogP) is 4.10. The summed E-state index contributed by atoms with van der Waals surface area (Å²) in [6.45, 7) is 9.58. The zero-order chi connectivity index (χ0) is 24.9. The minimum atomic E-state index is 0.300. The fourth-order valence-corrected chi connectivity index (χ4v) is 5.77. The van der Waals surface area contributed by atoms with Gasteiger partial charge in [0.15, 0.2) is 5.82 Å². The van der Waals surface area contributed by atoms with Crippen molar-refractivity contribution in [3.63, 3.8) is 0 Å². The normalized spacial score (nSPS) is 17.4. The molecule has 2 saturated heterocycles. The van der Waals surface area contributed by atoms with Crippen LogP contribution in [0.5, 0.6) is 5.75 Å². The van der Waals surface area contributed by atoms with Gasteiger partial charge in [-0.1, -0.05) is 31.9 Å². The van der Waals surface area contributed by atoms with Crippen LogP contribution in [0.4, 0.5) is 11.8 Å². The molecule has 0 unspecified atom stereocenters. The molecule has 2 aromatic heterocycles. The average molecular weight is 492 g/mol. The molecule has 1 aromatic carbocycles. The second-order valence-corrected chi connectivity index (χ2v) is 10.4. The summed E-state index contributed by atoms with van der Waals surface area (Å²) in [6, 6.07) is 8.67. The summed E-state index contributed by atoms with van der Waals surface area (Å²) in [5.41, 5.74) is 10.3. The van der Waals surface area contributed by atoms with Crippen LogP contribution in [0.15, 0.2) is 30.5 Å². The summed E-state index contributed by atoms with van der Waals surface area (Å²) in [5, 5.41) is 6.97. The number of ether oxygens (including phenoxy) is 1. The van der Waals surface area contributed by atoms with E-state index in [2.05, 4.69) is 61.4 Å². The van der Waals surface area contributed by atoms with E-state index in [-0.39, 0.29) is 0 Å². The van der Waals surface area contributed by atoms with Crippen molar-refractivity contribution in [2.24, 2.45) is 11.8 Å². The number of unbranched alkanes of at least 4 members (excludes halogenated alkanes) is 2. The van der Waals surface area contributed by atoms with E-state index in [0.29, 0.717) is 12.5 Å². The van der Waals surface area contributed by atoms with Crippen LogP contribution in [-0.4, -0.2) is 59.3 Å². The van der Waals surface area contributed by atoms with Crippen molar-refractivity contribution < 1.29 is 4.74 Å². The third-order valence-electron chi connectivity index (χ3n) is 7.83. The van der Waals surface area contributed by atoms with E-state index < -0.39 is 0 Å². The zero-order valence-electron chi connectivity index (χ0n) is 21.8. The molecule has 36 heavy (non-hydrogen) atoms. The first-order chi connectivity index (χ1) is 17.6. The highest BCUT2D eigenvalue weighted by molar-refractivity contribution is 5.87. The lowest BCUT2D eigenvalue weighted by molar-refractivity contribution is 0.0391. The van der Waals surface area contributed by atoms with E-state index in [4.69, 9.17) is 10.5 Å². The highest BCUT2D eigenvalue weighted by Crippen LogP contribution is 2.32. The third-order valence-corrected chi connectivity index (χ3v) is 7.83. The first kappa shape index (κ1) is 24.8. The Morgan fingerprint density at radius 1 is 1.08 bits per heavy atom. The number of hydrogen-bond acceptors (Lipinski definition) is 7. The molecule has 0 bridgehead atoms. The number of piperidine rings is 1. The average Bonchev–Trinajstić information content (AvgIpc) is 3.27. The molecular formula is C28H41N7O. The van der Waals surface area contributed by atoms with Crippen LogP contribution in [0.25, 0.3) is 11.0 Å². The number of hydrogen-bond donors (Lipinski definition) is 3. The molecule has 0 atom stereocenters. The molecule has 4 heterocycles. The number of anilines is 2. The molecule has 3 aromatic rings. The van der Waals surface area contributed by atoms with Gasteiger partial charge in [-0.15, -0.1) is 0 Å². The zero-order valence-corrected chi connectivity index (χ0v) is 21.8. The van der Waals surface area contributed by atoms with E-state index in [0.717, 1.165) is 59.5 Å². The Bertz CT molecular complexity index is 1150. The van der Waals surface area contributed by atoms with Gasteiger partial charge in [0.25, 0.3) is 0 Å². The van der Waals surface area contributed by atoms with E-state index in [1.165, 1.54) is 57.4 Å². The number of nitrogens with one attached hydrogen (secondary N) is 2. The van der Waals surface area contributed by atoms with Crippen molar-refractivity contribution in [2.75, 3.05) is 50.9 Å². The Balaban J connectivity index is 1.26. The molecular weight excluding hydrogens is 450 g/mol. The van der Waals surface area contributed by atoms with Crippen molar-refractivity contribution in [1.29, 1.82) is 0 Å². The van der Waals surface area contributed by atoms with Gasteiger partial charge >= 0.3 is 0 Å². The molecule has 0 saturated carbocycles. The Morgan fingerprint density at radius 3 is 2.69 bits per heavy atom. The largest absolute Gasteiger partial charge is 0.496 e. The number of fused-ring (bicyclic) bond motifs is 1. The Morgan fingerprint density at radius 2 is 1.92 bits per heavy atom. The number of nitrogens with zero attached hydrogens (tertiary/aromatic N) is 4. The quantitative estimate of drug-likeness (QED) is 0.348. The van der Waals surface area contributed by atoms with Crippen molar-refractivity contribution in [2.45, 2.75) is 52.1 Å².